The van der Waals surface area contributed by atoms with Crippen LogP contribution in [-0.2, 0) is 21.4 Å². The van der Waals surface area contributed by atoms with E-state index in [9.17, 15) is 13.2 Å². The average Bonchev–Trinajstić information content (AvgIpc) is 2.74. The van der Waals surface area contributed by atoms with E-state index in [4.69, 9.17) is 39.5 Å². The summed E-state index contributed by atoms with van der Waals surface area (Å²) in [5.41, 5.74) is 0.740. The van der Waals surface area contributed by atoms with Gasteiger partial charge in [0.05, 0.1) is 22.4 Å². The van der Waals surface area contributed by atoms with Gasteiger partial charge in [-0.15, -0.1) is 0 Å². The number of rotatable bonds is 7. The number of hydrogen-bond acceptors (Lipinski definition) is 4. The average molecular weight is 506 g/mol. The van der Waals surface area contributed by atoms with E-state index in [0.717, 1.165) is 5.56 Å². The van der Waals surface area contributed by atoms with Crippen LogP contribution in [0.4, 0.5) is 0 Å². The number of piperidine rings is 1. The first kappa shape index (κ1) is 24.1. The summed E-state index contributed by atoms with van der Waals surface area (Å²) in [5, 5.41) is 4.06. The molecule has 1 aliphatic heterocycles. The van der Waals surface area contributed by atoms with Crippen LogP contribution in [0.1, 0.15) is 25.3 Å². The minimum absolute atomic E-state index is 0.0787. The third-order valence-electron chi connectivity index (χ3n) is 5.06. The molecule has 0 aromatic heterocycles. The molecule has 10 heteroatoms. The molecule has 0 unspecified atom stereocenters. The smallest absolute Gasteiger partial charge is 0.243 e. The highest BCUT2D eigenvalue weighted by molar-refractivity contribution is 7.89. The van der Waals surface area contributed by atoms with Crippen molar-refractivity contribution in [3.63, 3.8) is 0 Å². The van der Waals surface area contributed by atoms with Crippen LogP contribution in [0.15, 0.2) is 41.3 Å². The third-order valence-corrected chi connectivity index (χ3v) is 7.81. The molecule has 1 atom stereocenters. The number of carbonyl (C=O) groups is 1. The van der Waals surface area contributed by atoms with E-state index < -0.39 is 15.9 Å². The van der Waals surface area contributed by atoms with Crippen LogP contribution < -0.4 is 10.1 Å². The van der Waals surface area contributed by atoms with E-state index in [1.807, 2.05) is 6.92 Å². The van der Waals surface area contributed by atoms with Crippen molar-refractivity contribution >= 4 is 50.7 Å². The highest BCUT2D eigenvalue weighted by Gasteiger charge is 2.33. The maximum atomic E-state index is 13.1. The summed E-state index contributed by atoms with van der Waals surface area (Å²) in [5.74, 6) is -0.233. The van der Waals surface area contributed by atoms with E-state index in [0.29, 0.717) is 41.8 Å². The van der Waals surface area contributed by atoms with Gasteiger partial charge < -0.3 is 10.1 Å². The van der Waals surface area contributed by atoms with Gasteiger partial charge in [0.15, 0.2) is 0 Å². The number of sulfonamides is 1. The van der Waals surface area contributed by atoms with Gasteiger partial charge in [-0.1, -0.05) is 40.9 Å². The van der Waals surface area contributed by atoms with Crippen molar-refractivity contribution in [1.82, 2.24) is 9.62 Å². The fourth-order valence-electron chi connectivity index (χ4n) is 3.43. The van der Waals surface area contributed by atoms with Crippen molar-refractivity contribution in [2.24, 2.45) is 5.92 Å². The standard InChI is InChI=1S/C21H23Cl3N2O4S/c1-2-30-20-8-7-17(11-19(20)24)31(28,29)26-9-3-4-15(13-26)21(27)25-12-14-5-6-16(22)10-18(14)23/h5-8,10-11,15H,2-4,9,12-13H2,1H3,(H,25,27)/t15-/m1/s1. The van der Waals surface area contributed by atoms with E-state index in [1.165, 1.54) is 16.4 Å². The number of benzene rings is 2. The normalized spacial score (nSPS) is 17.4. The molecular formula is C21H23Cl3N2O4S. The highest BCUT2D eigenvalue weighted by Crippen LogP contribution is 2.30. The van der Waals surface area contributed by atoms with Crippen LogP contribution in [-0.4, -0.2) is 38.3 Å². The Kier molecular flexibility index (Phi) is 8.10. The minimum Gasteiger partial charge on any atom is -0.492 e. The van der Waals surface area contributed by atoms with Crippen LogP contribution in [0.25, 0.3) is 0 Å². The summed E-state index contributed by atoms with van der Waals surface area (Å²) in [4.78, 5) is 12.8. The molecule has 168 valence electrons. The fraction of sp³-hybridized carbons (Fsp3) is 0.381. The summed E-state index contributed by atoms with van der Waals surface area (Å²) in [6.07, 6.45) is 1.19. The van der Waals surface area contributed by atoms with Crippen molar-refractivity contribution in [3.8, 4) is 5.75 Å². The molecule has 1 heterocycles. The third kappa shape index (κ3) is 5.84. The number of carbonyl (C=O) groups excluding carboxylic acids is 1. The van der Waals surface area contributed by atoms with Gasteiger partial charge in [0, 0.05) is 29.7 Å². The molecular weight excluding hydrogens is 483 g/mol. The van der Waals surface area contributed by atoms with Gasteiger partial charge in [-0.2, -0.15) is 4.31 Å². The summed E-state index contributed by atoms with van der Waals surface area (Å²) >= 11 is 18.2. The van der Waals surface area contributed by atoms with Crippen molar-refractivity contribution in [2.45, 2.75) is 31.2 Å². The second kappa shape index (κ2) is 10.4. The second-order valence-electron chi connectivity index (χ2n) is 7.18. The lowest BCUT2D eigenvalue weighted by Gasteiger charge is -2.31. The summed E-state index contributed by atoms with van der Waals surface area (Å²) < 4.78 is 32.9. The molecule has 0 saturated carbocycles. The Hall–Kier alpha value is -1.51. The summed E-state index contributed by atoms with van der Waals surface area (Å²) in [7, 11) is -3.78. The van der Waals surface area contributed by atoms with Gasteiger partial charge in [-0.05, 0) is 55.7 Å². The molecule has 1 aliphatic rings. The van der Waals surface area contributed by atoms with Crippen molar-refractivity contribution in [3.05, 3.63) is 57.0 Å². The molecule has 6 nitrogen and oxygen atoms in total. The molecule has 31 heavy (non-hydrogen) atoms. The first-order valence-electron chi connectivity index (χ1n) is 9.86. The zero-order valence-electron chi connectivity index (χ0n) is 16.9. The van der Waals surface area contributed by atoms with Crippen LogP contribution in [0.5, 0.6) is 5.75 Å². The molecule has 2 aromatic carbocycles. The van der Waals surface area contributed by atoms with Crippen LogP contribution in [0.3, 0.4) is 0 Å². The van der Waals surface area contributed by atoms with Crippen LogP contribution >= 0.6 is 34.8 Å². The maximum absolute atomic E-state index is 13.1. The van der Waals surface area contributed by atoms with Crippen LogP contribution in [0, 0.1) is 5.92 Å². The van der Waals surface area contributed by atoms with E-state index >= 15 is 0 Å². The lowest BCUT2D eigenvalue weighted by Crippen LogP contribution is -2.45. The lowest BCUT2D eigenvalue weighted by atomic mass is 9.99. The molecule has 0 aliphatic carbocycles. The number of amides is 1. The van der Waals surface area contributed by atoms with Crippen molar-refractivity contribution in [1.29, 1.82) is 0 Å². The predicted octanol–water partition coefficient (Wildman–Crippen LogP) is 4.76. The summed E-state index contributed by atoms with van der Waals surface area (Å²) in [6, 6.07) is 9.46. The Balaban J connectivity index is 1.67. The topological polar surface area (TPSA) is 75.7 Å². The van der Waals surface area contributed by atoms with Crippen molar-refractivity contribution in [2.75, 3.05) is 19.7 Å². The molecule has 1 fully saturated rings. The monoisotopic (exact) mass is 504 g/mol. The van der Waals surface area contributed by atoms with Gasteiger partial charge in [-0.3, -0.25) is 4.79 Å². The zero-order chi connectivity index (χ0) is 22.6. The van der Waals surface area contributed by atoms with Gasteiger partial charge in [0.2, 0.25) is 15.9 Å². The number of nitrogens with zero attached hydrogens (tertiary/aromatic N) is 1. The predicted molar refractivity (Wildman–Crippen MR) is 122 cm³/mol. The number of hydrogen-bond donors (Lipinski definition) is 1. The first-order chi connectivity index (χ1) is 14.7. The Morgan fingerprint density at radius 1 is 1.16 bits per heavy atom. The first-order valence-corrected chi connectivity index (χ1v) is 12.4. The molecule has 2 aromatic rings. The molecule has 1 N–H and O–H groups in total. The largest absolute Gasteiger partial charge is 0.492 e. The maximum Gasteiger partial charge on any atom is 0.243 e. The molecule has 1 amide bonds. The molecule has 0 bridgehead atoms. The van der Waals surface area contributed by atoms with Crippen LogP contribution in [0.2, 0.25) is 15.1 Å². The lowest BCUT2D eigenvalue weighted by molar-refractivity contribution is -0.126. The number of ether oxygens (including phenoxy) is 1. The van der Waals surface area contributed by atoms with Gasteiger partial charge in [0.1, 0.15) is 5.75 Å². The Labute approximate surface area is 197 Å². The molecule has 0 radical (unpaired) electrons. The zero-order valence-corrected chi connectivity index (χ0v) is 20.0. The summed E-state index contributed by atoms with van der Waals surface area (Å²) in [6.45, 7) is 2.94. The van der Waals surface area contributed by atoms with Gasteiger partial charge >= 0.3 is 0 Å². The van der Waals surface area contributed by atoms with E-state index in [-0.39, 0.29) is 28.9 Å². The highest BCUT2D eigenvalue weighted by atomic mass is 35.5. The minimum atomic E-state index is -3.78. The van der Waals surface area contributed by atoms with Gasteiger partial charge in [-0.25, -0.2) is 8.42 Å². The van der Waals surface area contributed by atoms with Crippen molar-refractivity contribution < 1.29 is 17.9 Å². The second-order valence-corrected chi connectivity index (χ2v) is 10.4. The molecule has 0 spiro atoms. The van der Waals surface area contributed by atoms with E-state index in [1.54, 1.807) is 24.3 Å². The van der Waals surface area contributed by atoms with Gasteiger partial charge in [0.25, 0.3) is 0 Å². The van der Waals surface area contributed by atoms with E-state index in [2.05, 4.69) is 5.32 Å². The fourth-order valence-corrected chi connectivity index (χ4v) is 5.76. The number of nitrogens with one attached hydrogen (secondary N) is 1. The molecule has 1 saturated heterocycles. The Bertz CT molecular complexity index is 1060. The Morgan fingerprint density at radius 2 is 1.94 bits per heavy atom. The number of halogens is 3. The Morgan fingerprint density at radius 3 is 2.61 bits per heavy atom. The SMILES string of the molecule is CCOc1ccc(S(=O)(=O)N2CCC[C@@H](C(=O)NCc3ccc(Cl)cc3Cl)C2)cc1Cl. The quantitative estimate of drug-likeness (QED) is 0.588. The molecule has 3 rings (SSSR count).